The van der Waals surface area contributed by atoms with Crippen LogP contribution < -0.4 is 5.32 Å². The third-order valence-electron chi connectivity index (χ3n) is 2.25. The van der Waals surface area contributed by atoms with Crippen molar-refractivity contribution in [3.05, 3.63) is 0 Å². The number of hydrogen-bond donors (Lipinski definition) is 1. The Bertz CT molecular complexity index is 349. The topological polar surface area (TPSA) is 62.1 Å². The SMILES string of the molecule is CC(C)(C)OC(=O)NCCCCC(Cl)CC(Cl)(Cl)C#N. The Morgan fingerprint density at radius 3 is 2.45 bits per heavy atom. The number of halogens is 3. The highest BCUT2D eigenvalue weighted by Gasteiger charge is 2.26. The van der Waals surface area contributed by atoms with Crippen molar-refractivity contribution in [2.75, 3.05) is 6.54 Å². The van der Waals surface area contributed by atoms with Crippen LogP contribution in [0.5, 0.6) is 0 Å². The van der Waals surface area contributed by atoms with E-state index >= 15 is 0 Å². The number of hydrogen-bond acceptors (Lipinski definition) is 3. The number of amides is 1. The smallest absolute Gasteiger partial charge is 0.407 e. The lowest BCUT2D eigenvalue weighted by Crippen LogP contribution is -2.33. The summed E-state index contributed by atoms with van der Waals surface area (Å²) in [6.07, 6.45) is 2.05. The normalized spacial score (nSPS) is 13.4. The lowest BCUT2D eigenvalue weighted by Gasteiger charge is -2.19. The molecule has 20 heavy (non-hydrogen) atoms. The van der Waals surface area contributed by atoms with Gasteiger partial charge < -0.3 is 10.1 Å². The summed E-state index contributed by atoms with van der Waals surface area (Å²) >= 11 is 17.5. The zero-order valence-corrected chi connectivity index (χ0v) is 14.3. The number of ether oxygens (including phenoxy) is 1. The van der Waals surface area contributed by atoms with Crippen LogP contribution in [0.15, 0.2) is 0 Å². The third-order valence-corrected chi connectivity index (χ3v) is 3.10. The van der Waals surface area contributed by atoms with Gasteiger partial charge in [-0.1, -0.05) is 29.6 Å². The first-order chi connectivity index (χ1) is 9.06. The molecule has 1 atom stereocenters. The predicted octanol–water partition coefficient (Wildman–Crippen LogP) is 4.38. The lowest BCUT2D eigenvalue weighted by atomic mass is 10.1. The molecule has 0 spiro atoms. The van der Waals surface area contributed by atoms with Crippen LogP contribution in [0.1, 0.15) is 46.5 Å². The van der Waals surface area contributed by atoms with E-state index in [1.807, 2.05) is 20.8 Å². The Morgan fingerprint density at radius 2 is 1.95 bits per heavy atom. The number of alkyl halides is 3. The highest BCUT2D eigenvalue weighted by Crippen LogP contribution is 2.29. The van der Waals surface area contributed by atoms with Crippen LogP contribution in [0.25, 0.3) is 0 Å². The molecule has 1 amide bonds. The number of alkyl carbamates (subject to hydrolysis) is 1. The van der Waals surface area contributed by atoms with Gasteiger partial charge in [-0.2, -0.15) is 5.26 Å². The minimum absolute atomic E-state index is 0.216. The van der Waals surface area contributed by atoms with Crippen molar-refractivity contribution in [2.45, 2.75) is 61.8 Å². The summed E-state index contributed by atoms with van der Waals surface area (Å²) in [5.74, 6) is 0. The minimum Gasteiger partial charge on any atom is -0.444 e. The maximum atomic E-state index is 11.4. The van der Waals surface area contributed by atoms with Gasteiger partial charge in [0.15, 0.2) is 0 Å². The monoisotopic (exact) mass is 342 g/mol. The highest BCUT2D eigenvalue weighted by molar-refractivity contribution is 6.50. The first-order valence-corrected chi connectivity index (χ1v) is 7.65. The predicted molar refractivity (Wildman–Crippen MR) is 82.4 cm³/mol. The van der Waals surface area contributed by atoms with Crippen molar-refractivity contribution in [2.24, 2.45) is 0 Å². The molecule has 0 aliphatic rings. The van der Waals surface area contributed by atoms with Gasteiger partial charge in [0.25, 0.3) is 0 Å². The average molecular weight is 344 g/mol. The van der Waals surface area contributed by atoms with E-state index in [1.54, 1.807) is 6.07 Å². The van der Waals surface area contributed by atoms with E-state index in [-0.39, 0.29) is 11.8 Å². The molecule has 0 aromatic carbocycles. The van der Waals surface area contributed by atoms with Gasteiger partial charge in [-0.3, -0.25) is 0 Å². The fourth-order valence-electron chi connectivity index (χ4n) is 1.42. The molecule has 116 valence electrons. The number of nitrogens with one attached hydrogen (secondary N) is 1. The van der Waals surface area contributed by atoms with Crippen molar-refractivity contribution in [3.8, 4) is 6.07 Å². The Kier molecular flexibility index (Phi) is 8.65. The van der Waals surface area contributed by atoms with Crippen LogP contribution in [0.3, 0.4) is 0 Å². The third kappa shape index (κ3) is 11.5. The highest BCUT2D eigenvalue weighted by atomic mass is 35.5. The molecule has 0 aliphatic carbocycles. The lowest BCUT2D eigenvalue weighted by molar-refractivity contribution is 0.0527. The summed E-state index contributed by atoms with van der Waals surface area (Å²) in [4.78, 5) is 11.4. The molecule has 7 heteroatoms. The van der Waals surface area contributed by atoms with Crippen molar-refractivity contribution in [1.29, 1.82) is 5.26 Å². The van der Waals surface area contributed by atoms with E-state index in [1.165, 1.54) is 0 Å². The quantitative estimate of drug-likeness (QED) is 0.551. The number of nitrogens with zero attached hydrogens (tertiary/aromatic N) is 1. The molecule has 0 rings (SSSR count). The van der Waals surface area contributed by atoms with Gasteiger partial charge in [-0.15, -0.1) is 11.6 Å². The van der Waals surface area contributed by atoms with Crippen LogP contribution in [-0.4, -0.2) is 27.9 Å². The first-order valence-electron chi connectivity index (χ1n) is 6.46. The molecule has 0 aliphatic heterocycles. The van der Waals surface area contributed by atoms with Crippen molar-refractivity contribution >= 4 is 40.9 Å². The first kappa shape index (κ1) is 19.6. The Balaban J connectivity index is 3.68. The van der Waals surface area contributed by atoms with E-state index in [0.717, 1.165) is 12.8 Å². The Morgan fingerprint density at radius 1 is 1.35 bits per heavy atom. The second-order valence-corrected chi connectivity index (χ2v) is 7.64. The molecule has 4 nitrogen and oxygen atoms in total. The maximum Gasteiger partial charge on any atom is 0.407 e. The van der Waals surface area contributed by atoms with Crippen LogP contribution in [0, 0.1) is 11.3 Å². The van der Waals surface area contributed by atoms with E-state index in [2.05, 4.69) is 5.32 Å². The molecule has 0 radical (unpaired) electrons. The number of rotatable bonds is 7. The number of carbonyl (C=O) groups is 1. The van der Waals surface area contributed by atoms with Crippen LogP contribution in [0.2, 0.25) is 0 Å². The standard InChI is InChI=1S/C13H21Cl3N2O2/c1-12(2,3)20-11(19)18-7-5-4-6-10(14)8-13(15,16)9-17/h10H,4-8H2,1-3H3,(H,18,19). The van der Waals surface area contributed by atoms with E-state index < -0.39 is 16.0 Å². The van der Waals surface area contributed by atoms with Crippen molar-refractivity contribution < 1.29 is 9.53 Å². The van der Waals surface area contributed by atoms with Gasteiger partial charge in [0.2, 0.25) is 4.33 Å². The van der Waals surface area contributed by atoms with Crippen LogP contribution in [-0.2, 0) is 4.74 Å². The molecule has 1 N–H and O–H groups in total. The summed E-state index contributed by atoms with van der Waals surface area (Å²) in [6, 6.07) is 1.78. The van der Waals surface area contributed by atoms with E-state index in [4.69, 9.17) is 44.8 Å². The molecular formula is C13H21Cl3N2O2. The van der Waals surface area contributed by atoms with Gasteiger partial charge in [0.05, 0.1) is 0 Å². The molecule has 0 aromatic heterocycles. The second-order valence-electron chi connectivity index (χ2n) is 5.54. The summed E-state index contributed by atoms with van der Waals surface area (Å²) in [6.45, 7) is 5.95. The largest absolute Gasteiger partial charge is 0.444 e. The molecule has 0 saturated heterocycles. The van der Waals surface area contributed by atoms with E-state index in [0.29, 0.717) is 13.0 Å². The minimum atomic E-state index is -1.43. The van der Waals surface area contributed by atoms with Crippen LogP contribution in [0.4, 0.5) is 4.79 Å². The van der Waals surface area contributed by atoms with Crippen molar-refractivity contribution in [1.82, 2.24) is 5.32 Å². The molecule has 0 heterocycles. The molecule has 1 unspecified atom stereocenters. The van der Waals surface area contributed by atoms with Gasteiger partial charge in [-0.05, 0) is 33.6 Å². The summed E-state index contributed by atoms with van der Waals surface area (Å²) in [7, 11) is 0. The van der Waals surface area contributed by atoms with Gasteiger partial charge in [-0.25, -0.2) is 4.79 Å². The fourth-order valence-corrected chi connectivity index (χ4v) is 2.34. The molecule has 0 saturated carbocycles. The average Bonchev–Trinajstić information content (AvgIpc) is 2.25. The summed E-state index contributed by atoms with van der Waals surface area (Å²) < 4.78 is 3.67. The Labute approximate surface area is 135 Å². The fraction of sp³-hybridized carbons (Fsp3) is 0.846. The molecule has 0 bridgehead atoms. The van der Waals surface area contributed by atoms with Crippen LogP contribution >= 0.6 is 34.8 Å². The molecule has 0 fully saturated rings. The van der Waals surface area contributed by atoms with E-state index in [9.17, 15) is 4.79 Å². The van der Waals surface area contributed by atoms with Gasteiger partial charge in [0.1, 0.15) is 11.7 Å². The van der Waals surface area contributed by atoms with Gasteiger partial charge >= 0.3 is 6.09 Å². The summed E-state index contributed by atoms with van der Waals surface area (Å²) in [5.41, 5.74) is -0.493. The summed E-state index contributed by atoms with van der Waals surface area (Å²) in [5, 5.41) is 11.1. The number of unbranched alkanes of at least 4 members (excludes halogenated alkanes) is 1. The zero-order chi connectivity index (χ0) is 15.8. The number of carbonyl (C=O) groups excluding carboxylic acids is 1. The Hall–Kier alpha value is -0.370. The zero-order valence-electron chi connectivity index (χ0n) is 12.0. The number of nitriles is 1. The maximum absolute atomic E-state index is 11.4. The molecule has 0 aromatic rings. The van der Waals surface area contributed by atoms with Crippen molar-refractivity contribution in [3.63, 3.8) is 0 Å². The molecular weight excluding hydrogens is 323 g/mol. The second kappa shape index (κ2) is 8.81. The van der Waals surface area contributed by atoms with Gasteiger partial charge in [0, 0.05) is 18.3 Å².